The topological polar surface area (TPSA) is 63.6 Å². The molecule has 0 saturated heterocycles. The highest BCUT2D eigenvalue weighted by Crippen LogP contribution is 2.23. The summed E-state index contributed by atoms with van der Waals surface area (Å²) in [4.78, 5) is 23.9. The molecule has 0 amide bonds. The van der Waals surface area contributed by atoms with Crippen molar-refractivity contribution in [1.82, 2.24) is 0 Å². The Morgan fingerprint density at radius 3 is 1.96 bits per heavy atom. The Hall–Kier alpha value is -3.40. The van der Waals surface area contributed by atoms with Gasteiger partial charge in [-0.05, 0) is 35.4 Å². The Balaban J connectivity index is 1.96. The summed E-state index contributed by atoms with van der Waals surface area (Å²) in [7, 11) is 0. The van der Waals surface area contributed by atoms with E-state index in [2.05, 4.69) is 0 Å². The van der Waals surface area contributed by atoms with E-state index in [0.29, 0.717) is 5.75 Å². The molecule has 3 aromatic rings. The number of carbonyl (C=O) groups is 2. The van der Waals surface area contributed by atoms with Crippen LogP contribution in [-0.2, 0) is 0 Å². The fraction of sp³-hybridized carbons (Fsp3) is 0. The maximum Gasteiger partial charge on any atom is 0.344 e. The van der Waals surface area contributed by atoms with Crippen molar-refractivity contribution < 1.29 is 19.4 Å². The quantitative estimate of drug-likeness (QED) is 0.576. The first-order valence-corrected chi connectivity index (χ1v) is 7.35. The second-order valence-corrected chi connectivity index (χ2v) is 5.13. The smallest absolute Gasteiger partial charge is 0.344 e. The highest BCUT2D eigenvalue weighted by atomic mass is 16.5. The molecule has 0 unspecified atom stereocenters. The molecule has 3 rings (SSSR count). The lowest BCUT2D eigenvalue weighted by Crippen LogP contribution is -2.14. The van der Waals surface area contributed by atoms with Crippen molar-refractivity contribution in [2.24, 2.45) is 0 Å². The molecule has 3 aromatic carbocycles. The number of benzene rings is 3. The van der Waals surface area contributed by atoms with Gasteiger partial charge in [0.15, 0.2) is 0 Å². The molecule has 24 heavy (non-hydrogen) atoms. The van der Waals surface area contributed by atoms with Crippen molar-refractivity contribution in [1.29, 1.82) is 0 Å². The second-order valence-electron chi connectivity index (χ2n) is 5.13. The van der Waals surface area contributed by atoms with E-state index in [4.69, 9.17) is 4.74 Å². The van der Waals surface area contributed by atoms with Crippen LogP contribution in [0.1, 0.15) is 20.7 Å². The number of rotatable bonds is 4. The molecule has 0 bridgehead atoms. The highest BCUT2D eigenvalue weighted by Gasteiger charge is 2.19. The van der Waals surface area contributed by atoms with Gasteiger partial charge in [-0.1, -0.05) is 54.6 Å². The number of carbonyl (C=O) groups excluding carboxylic acids is 1. The Kier molecular flexibility index (Phi) is 4.38. The summed E-state index contributed by atoms with van der Waals surface area (Å²) in [6.07, 6.45) is 0. The molecule has 0 aromatic heterocycles. The largest absolute Gasteiger partial charge is 0.478 e. The van der Waals surface area contributed by atoms with Crippen LogP contribution in [0.25, 0.3) is 11.1 Å². The number of ether oxygens (including phenoxy) is 1. The van der Waals surface area contributed by atoms with Gasteiger partial charge in [-0.3, -0.25) is 0 Å². The third-order valence-electron chi connectivity index (χ3n) is 3.53. The molecule has 0 atom stereocenters. The SMILES string of the molecule is O=C(O)c1cc(-c2ccccc2)ccc1C(=O)Oc1ccccc1. The van der Waals surface area contributed by atoms with Gasteiger partial charge in [-0.2, -0.15) is 0 Å². The molecule has 0 radical (unpaired) electrons. The normalized spacial score (nSPS) is 10.2. The van der Waals surface area contributed by atoms with Gasteiger partial charge in [0.1, 0.15) is 5.75 Å². The van der Waals surface area contributed by atoms with Crippen molar-refractivity contribution in [2.45, 2.75) is 0 Å². The van der Waals surface area contributed by atoms with Gasteiger partial charge >= 0.3 is 11.9 Å². The third-order valence-corrected chi connectivity index (χ3v) is 3.53. The Bertz CT molecular complexity index is 871. The molecule has 0 spiro atoms. The number of hydrogen-bond donors (Lipinski definition) is 1. The molecular weight excluding hydrogens is 304 g/mol. The van der Waals surface area contributed by atoms with E-state index in [1.165, 1.54) is 12.1 Å². The molecule has 0 aliphatic rings. The summed E-state index contributed by atoms with van der Waals surface area (Å²) in [6.45, 7) is 0. The van der Waals surface area contributed by atoms with Crippen LogP contribution in [0, 0.1) is 0 Å². The molecule has 4 nitrogen and oxygen atoms in total. The van der Waals surface area contributed by atoms with Gasteiger partial charge in [0.05, 0.1) is 11.1 Å². The minimum absolute atomic E-state index is 0.0195. The maximum atomic E-state index is 12.3. The van der Waals surface area contributed by atoms with E-state index in [0.717, 1.165) is 11.1 Å². The Morgan fingerprint density at radius 2 is 1.33 bits per heavy atom. The lowest BCUT2D eigenvalue weighted by atomic mass is 9.99. The molecular formula is C20H14O4. The van der Waals surface area contributed by atoms with E-state index in [1.54, 1.807) is 36.4 Å². The molecule has 0 saturated carbocycles. The standard InChI is InChI=1S/C20H14O4/c21-19(22)18-13-15(14-7-3-1-4-8-14)11-12-17(18)20(23)24-16-9-5-2-6-10-16/h1-13H,(H,21,22). The second kappa shape index (κ2) is 6.79. The summed E-state index contributed by atoms with van der Waals surface area (Å²) < 4.78 is 5.23. The highest BCUT2D eigenvalue weighted by molar-refractivity contribution is 6.04. The van der Waals surface area contributed by atoms with E-state index in [1.807, 2.05) is 30.3 Å². The Morgan fingerprint density at radius 1 is 0.708 bits per heavy atom. The first kappa shape index (κ1) is 15.5. The van der Waals surface area contributed by atoms with Gasteiger partial charge in [-0.25, -0.2) is 9.59 Å². The molecule has 0 aliphatic heterocycles. The average Bonchev–Trinajstić information content (AvgIpc) is 2.62. The molecule has 0 heterocycles. The van der Waals surface area contributed by atoms with Crippen molar-refractivity contribution in [2.75, 3.05) is 0 Å². The fourth-order valence-corrected chi connectivity index (χ4v) is 2.36. The summed E-state index contributed by atoms with van der Waals surface area (Å²) in [5.41, 5.74) is 1.54. The van der Waals surface area contributed by atoms with Crippen molar-refractivity contribution >= 4 is 11.9 Å². The predicted octanol–water partition coefficient (Wildman–Crippen LogP) is 4.27. The van der Waals surface area contributed by atoms with E-state index in [9.17, 15) is 14.7 Å². The van der Waals surface area contributed by atoms with Gasteiger partial charge in [-0.15, -0.1) is 0 Å². The minimum atomic E-state index is -1.17. The number of esters is 1. The van der Waals surface area contributed by atoms with E-state index < -0.39 is 11.9 Å². The van der Waals surface area contributed by atoms with Crippen LogP contribution in [0.2, 0.25) is 0 Å². The van der Waals surface area contributed by atoms with Crippen LogP contribution in [0.3, 0.4) is 0 Å². The maximum absolute atomic E-state index is 12.3. The van der Waals surface area contributed by atoms with Crippen LogP contribution in [0.5, 0.6) is 5.75 Å². The average molecular weight is 318 g/mol. The number of carboxylic acid groups (broad SMARTS) is 1. The van der Waals surface area contributed by atoms with Gasteiger partial charge in [0.2, 0.25) is 0 Å². The predicted molar refractivity (Wildman–Crippen MR) is 90.2 cm³/mol. The number of aromatic carboxylic acids is 1. The monoisotopic (exact) mass is 318 g/mol. The first-order valence-electron chi connectivity index (χ1n) is 7.35. The lowest BCUT2D eigenvalue weighted by molar-refractivity contribution is 0.0668. The van der Waals surface area contributed by atoms with E-state index in [-0.39, 0.29) is 11.1 Å². The van der Waals surface area contributed by atoms with Crippen LogP contribution in [-0.4, -0.2) is 17.0 Å². The minimum Gasteiger partial charge on any atom is -0.478 e. The summed E-state index contributed by atoms with van der Waals surface area (Å²) in [6, 6.07) is 22.6. The fourth-order valence-electron chi connectivity index (χ4n) is 2.36. The van der Waals surface area contributed by atoms with Crippen LogP contribution in [0.4, 0.5) is 0 Å². The molecule has 0 aliphatic carbocycles. The van der Waals surface area contributed by atoms with Crippen LogP contribution < -0.4 is 4.74 Å². The first-order chi connectivity index (χ1) is 11.6. The van der Waals surface area contributed by atoms with Crippen LogP contribution >= 0.6 is 0 Å². The third kappa shape index (κ3) is 3.33. The number of para-hydroxylation sites is 1. The Labute approximate surface area is 139 Å². The van der Waals surface area contributed by atoms with Gasteiger partial charge < -0.3 is 9.84 Å². The molecule has 4 heteroatoms. The van der Waals surface area contributed by atoms with Crippen molar-refractivity contribution in [3.05, 3.63) is 90.0 Å². The van der Waals surface area contributed by atoms with E-state index >= 15 is 0 Å². The van der Waals surface area contributed by atoms with Gasteiger partial charge in [0, 0.05) is 0 Å². The summed E-state index contributed by atoms with van der Waals surface area (Å²) in [5, 5.41) is 9.44. The molecule has 1 N–H and O–H groups in total. The zero-order valence-corrected chi connectivity index (χ0v) is 12.7. The summed E-state index contributed by atoms with van der Waals surface area (Å²) >= 11 is 0. The van der Waals surface area contributed by atoms with Crippen molar-refractivity contribution in [3.63, 3.8) is 0 Å². The van der Waals surface area contributed by atoms with Crippen LogP contribution in [0.15, 0.2) is 78.9 Å². The number of carboxylic acids is 1. The lowest BCUT2D eigenvalue weighted by Gasteiger charge is -2.09. The molecule has 0 fully saturated rings. The zero-order chi connectivity index (χ0) is 16.9. The zero-order valence-electron chi connectivity index (χ0n) is 12.7. The summed E-state index contributed by atoms with van der Waals surface area (Å²) in [5.74, 6) is -1.50. The number of hydrogen-bond acceptors (Lipinski definition) is 3. The van der Waals surface area contributed by atoms with Gasteiger partial charge in [0.25, 0.3) is 0 Å². The van der Waals surface area contributed by atoms with Crippen molar-refractivity contribution in [3.8, 4) is 16.9 Å². The molecule has 118 valence electrons.